The largest absolute Gasteiger partial charge is 0.480 e. The summed E-state index contributed by atoms with van der Waals surface area (Å²) in [5, 5.41) is 16.6. The van der Waals surface area contributed by atoms with E-state index in [4.69, 9.17) is 5.11 Å². The molecule has 0 bridgehead atoms. The molecule has 1 unspecified atom stereocenters. The van der Waals surface area contributed by atoms with Crippen molar-refractivity contribution in [2.24, 2.45) is 5.92 Å². The van der Waals surface area contributed by atoms with Gasteiger partial charge in [0.1, 0.15) is 12.1 Å². The van der Waals surface area contributed by atoms with E-state index in [9.17, 15) is 14.4 Å². The highest BCUT2D eigenvalue weighted by Gasteiger charge is 2.24. The average Bonchev–Trinajstić information content (AvgIpc) is 2.24. The molecule has 0 saturated carbocycles. The van der Waals surface area contributed by atoms with Crippen LogP contribution in [0.1, 0.15) is 48.0 Å². The Hall–Kier alpha value is -1.79. The topological polar surface area (TPSA) is 108 Å². The van der Waals surface area contributed by atoms with Crippen LogP contribution in [0.2, 0.25) is 0 Å². The third-order valence-electron chi connectivity index (χ3n) is 2.55. The van der Waals surface area contributed by atoms with Crippen LogP contribution in [-0.4, -0.2) is 40.6 Å². The predicted octanol–water partition coefficient (Wildman–Crippen LogP) is 1.09. The Labute approximate surface area is 125 Å². The van der Waals surface area contributed by atoms with Crippen LogP contribution < -0.4 is 16.0 Å². The lowest BCUT2D eigenvalue weighted by Crippen LogP contribution is -2.54. The van der Waals surface area contributed by atoms with Crippen LogP contribution in [0, 0.1) is 5.92 Å². The summed E-state index contributed by atoms with van der Waals surface area (Å²) in [6, 6.07) is -2.39. The number of aliphatic carboxylic acids is 1. The van der Waals surface area contributed by atoms with Gasteiger partial charge in [0.2, 0.25) is 5.91 Å². The first-order valence-corrected chi connectivity index (χ1v) is 7.04. The first-order valence-electron chi connectivity index (χ1n) is 7.04. The number of carboxylic acid groups (broad SMARTS) is 1. The number of carboxylic acids is 1. The van der Waals surface area contributed by atoms with E-state index < -0.39 is 29.6 Å². The number of urea groups is 1. The number of carbonyl (C=O) groups is 3. The molecule has 0 spiro atoms. The fourth-order valence-corrected chi connectivity index (χ4v) is 1.63. The number of carbonyl (C=O) groups excluding carboxylic acids is 2. The second-order valence-corrected chi connectivity index (χ2v) is 6.60. The zero-order valence-corrected chi connectivity index (χ0v) is 13.6. The van der Waals surface area contributed by atoms with Gasteiger partial charge in [0.25, 0.3) is 0 Å². The molecule has 0 saturated heterocycles. The number of hydrogen-bond donors (Lipinski definition) is 4. The summed E-state index contributed by atoms with van der Waals surface area (Å²) >= 11 is 0. The van der Waals surface area contributed by atoms with Crippen molar-refractivity contribution in [3.63, 3.8) is 0 Å². The molecule has 4 N–H and O–H groups in total. The molecule has 7 nitrogen and oxygen atoms in total. The summed E-state index contributed by atoms with van der Waals surface area (Å²) in [5.41, 5.74) is -0.398. The van der Waals surface area contributed by atoms with E-state index in [-0.39, 0.29) is 11.8 Å². The summed E-state index contributed by atoms with van der Waals surface area (Å²) in [4.78, 5) is 34.6. The van der Waals surface area contributed by atoms with Crippen molar-refractivity contribution in [2.75, 3.05) is 0 Å². The van der Waals surface area contributed by atoms with Crippen molar-refractivity contribution in [3.8, 4) is 0 Å². The van der Waals surface area contributed by atoms with Gasteiger partial charge in [0, 0.05) is 5.54 Å². The zero-order valence-electron chi connectivity index (χ0n) is 13.6. The van der Waals surface area contributed by atoms with Crippen LogP contribution in [0.3, 0.4) is 0 Å². The third kappa shape index (κ3) is 8.88. The van der Waals surface area contributed by atoms with E-state index in [0.717, 1.165) is 0 Å². The molecule has 2 atom stereocenters. The van der Waals surface area contributed by atoms with Crippen LogP contribution in [-0.2, 0) is 9.59 Å². The molecule has 0 rings (SSSR count). The highest BCUT2D eigenvalue weighted by atomic mass is 16.4. The summed E-state index contributed by atoms with van der Waals surface area (Å²) in [6.45, 7) is 10.8. The molecule has 122 valence electrons. The Bertz CT molecular complexity index is 388. The van der Waals surface area contributed by atoms with Crippen molar-refractivity contribution in [3.05, 3.63) is 0 Å². The Kier molecular flexibility index (Phi) is 7.18. The van der Waals surface area contributed by atoms with Gasteiger partial charge < -0.3 is 21.1 Å². The second kappa shape index (κ2) is 7.85. The lowest BCUT2D eigenvalue weighted by atomic mass is 10.0. The summed E-state index contributed by atoms with van der Waals surface area (Å²) < 4.78 is 0. The first-order chi connectivity index (χ1) is 9.42. The van der Waals surface area contributed by atoms with Crippen LogP contribution in [0.4, 0.5) is 4.79 Å². The molecule has 3 amide bonds. The minimum atomic E-state index is -1.09. The van der Waals surface area contributed by atoms with E-state index in [1.54, 1.807) is 6.92 Å². The van der Waals surface area contributed by atoms with Gasteiger partial charge in [0.15, 0.2) is 0 Å². The zero-order chi connectivity index (χ0) is 16.8. The van der Waals surface area contributed by atoms with Crippen molar-refractivity contribution >= 4 is 17.9 Å². The summed E-state index contributed by atoms with van der Waals surface area (Å²) in [6.07, 6.45) is 0.325. The van der Waals surface area contributed by atoms with Crippen molar-refractivity contribution < 1.29 is 19.5 Å². The maximum atomic E-state index is 11.8. The molecular weight excluding hydrogens is 274 g/mol. The predicted molar refractivity (Wildman–Crippen MR) is 79.9 cm³/mol. The quantitative estimate of drug-likeness (QED) is 0.589. The number of nitrogens with one attached hydrogen (secondary N) is 3. The molecule has 0 aliphatic carbocycles. The van der Waals surface area contributed by atoms with Gasteiger partial charge in [-0.25, -0.2) is 9.59 Å². The highest BCUT2D eigenvalue weighted by Crippen LogP contribution is 2.05. The minimum absolute atomic E-state index is 0.132. The first kappa shape index (κ1) is 19.2. The van der Waals surface area contributed by atoms with Gasteiger partial charge in [-0.15, -0.1) is 0 Å². The average molecular weight is 301 g/mol. The molecule has 7 heteroatoms. The van der Waals surface area contributed by atoms with E-state index in [2.05, 4.69) is 16.0 Å². The lowest BCUT2D eigenvalue weighted by molar-refractivity contribution is -0.139. The Morgan fingerprint density at radius 2 is 1.57 bits per heavy atom. The van der Waals surface area contributed by atoms with Gasteiger partial charge >= 0.3 is 12.0 Å². The molecule has 0 aliphatic rings. The summed E-state index contributed by atoms with van der Waals surface area (Å²) in [5.74, 6) is -1.29. The SMILES string of the molecule is CC(C)C[C@@H](NC(=O)NC(C)C(=O)NC(C)(C)C)C(=O)O. The molecule has 21 heavy (non-hydrogen) atoms. The van der Waals surface area contributed by atoms with Gasteiger partial charge in [-0.1, -0.05) is 13.8 Å². The Morgan fingerprint density at radius 1 is 1.05 bits per heavy atom. The van der Waals surface area contributed by atoms with E-state index in [0.29, 0.717) is 6.42 Å². The minimum Gasteiger partial charge on any atom is -0.480 e. The van der Waals surface area contributed by atoms with Gasteiger partial charge in [0.05, 0.1) is 0 Å². The smallest absolute Gasteiger partial charge is 0.326 e. The van der Waals surface area contributed by atoms with Gasteiger partial charge in [-0.05, 0) is 40.0 Å². The molecule has 0 radical (unpaired) electrons. The third-order valence-corrected chi connectivity index (χ3v) is 2.55. The number of hydrogen-bond acceptors (Lipinski definition) is 3. The van der Waals surface area contributed by atoms with E-state index >= 15 is 0 Å². The van der Waals surface area contributed by atoms with Gasteiger partial charge in [-0.3, -0.25) is 4.79 Å². The van der Waals surface area contributed by atoms with Crippen LogP contribution in [0.15, 0.2) is 0 Å². The van der Waals surface area contributed by atoms with E-state index in [1.165, 1.54) is 0 Å². The lowest BCUT2D eigenvalue weighted by Gasteiger charge is -2.24. The van der Waals surface area contributed by atoms with Crippen molar-refractivity contribution in [1.82, 2.24) is 16.0 Å². The molecule has 0 aliphatic heterocycles. The normalized spacial score (nSPS) is 14.2. The van der Waals surface area contributed by atoms with E-state index in [1.807, 2.05) is 34.6 Å². The highest BCUT2D eigenvalue weighted by molar-refractivity contribution is 5.88. The molecule has 0 aromatic rings. The van der Waals surface area contributed by atoms with Crippen LogP contribution >= 0.6 is 0 Å². The molecule has 0 aromatic carbocycles. The monoisotopic (exact) mass is 301 g/mol. The summed E-state index contributed by atoms with van der Waals surface area (Å²) in [7, 11) is 0. The maximum absolute atomic E-state index is 11.8. The van der Waals surface area contributed by atoms with Crippen molar-refractivity contribution in [2.45, 2.75) is 65.6 Å². The van der Waals surface area contributed by atoms with Crippen LogP contribution in [0.5, 0.6) is 0 Å². The van der Waals surface area contributed by atoms with Crippen molar-refractivity contribution in [1.29, 1.82) is 0 Å². The molecule has 0 heterocycles. The fraction of sp³-hybridized carbons (Fsp3) is 0.786. The van der Waals surface area contributed by atoms with Crippen LogP contribution in [0.25, 0.3) is 0 Å². The maximum Gasteiger partial charge on any atom is 0.326 e. The Balaban J connectivity index is 4.46. The molecule has 0 aromatic heterocycles. The second-order valence-electron chi connectivity index (χ2n) is 6.60. The number of amides is 3. The Morgan fingerprint density at radius 3 is 1.95 bits per heavy atom. The molecular formula is C14H27N3O4. The van der Waals surface area contributed by atoms with Gasteiger partial charge in [-0.2, -0.15) is 0 Å². The molecule has 0 fully saturated rings. The standard InChI is InChI=1S/C14H27N3O4/c1-8(2)7-10(12(19)20)16-13(21)15-9(3)11(18)17-14(4,5)6/h8-10H,7H2,1-6H3,(H,17,18)(H,19,20)(H2,15,16,21)/t9?,10-/m1/s1. The number of rotatable bonds is 6. The fourth-order valence-electron chi connectivity index (χ4n) is 1.63.